The molecule has 0 aliphatic carbocycles. The SMILES string of the molecule is O=S1(=O)Cc2ccc(Cl)nc2N1. The first-order chi connectivity index (χ1) is 5.57. The molecule has 0 bridgehead atoms. The zero-order chi connectivity index (χ0) is 8.77. The smallest absolute Gasteiger partial charge is 0.238 e. The van der Waals surface area contributed by atoms with Crippen LogP contribution >= 0.6 is 11.6 Å². The number of aromatic nitrogens is 1. The number of nitrogens with one attached hydrogen (secondary N) is 1. The topological polar surface area (TPSA) is 59.1 Å². The van der Waals surface area contributed by atoms with Crippen LogP contribution in [0.25, 0.3) is 0 Å². The number of nitrogens with zero attached hydrogens (tertiary/aromatic N) is 1. The van der Waals surface area contributed by atoms with Gasteiger partial charge in [0.25, 0.3) is 0 Å². The lowest BCUT2D eigenvalue weighted by Gasteiger charge is -1.95. The average molecular weight is 205 g/mol. The van der Waals surface area contributed by atoms with Crippen molar-refractivity contribution in [1.29, 1.82) is 0 Å². The van der Waals surface area contributed by atoms with E-state index in [0.29, 0.717) is 16.5 Å². The highest BCUT2D eigenvalue weighted by Crippen LogP contribution is 2.25. The van der Waals surface area contributed by atoms with Crippen molar-refractivity contribution in [3.05, 3.63) is 22.8 Å². The van der Waals surface area contributed by atoms with Crippen LogP contribution in [0.2, 0.25) is 5.15 Å². The molecule has 6 heteroatoms. The number of pyridine rings is 1. The quantitative estimate of drug-likeness (QED) is 0.642. The number of hydrogen-bond donors (Lipinski definition) is 1. The van der Waals surface area contributed by atoms with Gasteiger partial charge >= 0.3 is 0 Å². The molecule has 2 rings (SSSR count). The fraction of sp³-hybridized carbons (Fsp3) is 0.167. The minimum atomic E-state index is -3.19. The molecule has 0 fully saturated rings. The van der Waals surface area contributed by atoms with Crippen molar-refractivity contribution in [3.63, 3.8) is 0 Å². The van der Waals surface area contributed by atoms with Gasteiger partial charge in [-0.15, -0.1) is 0 Å². The maximum atomic E-state index is 11.0. The molecule has 0 saturated heterocycles. The van der Waals surface area contributed by atoms with Crippen molar-refractivity contribution in [2.45, 2.75) is 5.75 Å². The number of hydrogen-bond acceptors (Lipinski definition) is 3. The lowest BCUT2D eigenvalue weighted by atomic mass is 10.3. The summed E-state index contributed by atoms with van der Waals surface area (Å²) in [4.78, 5) is 3.82. The van der Waals surface area contributed by atoms with E-state index in [1.165, 1.54) is 0 Å². The first kappa shape index (κ1) is 7.82. The molecule has 64 valence electrons. The molecule has 1 aromatic heterocycles. The van der Waals surface area contributed by atoms with E-state index >= 15 is 0 Å². The van der Waals surface area contributed by atoms with Gasteiger partial charge in [-0.2, -0.15) is 0 Å². The zero-order valence-electron chi connectivity index (χ0n) is 5.91. The summed E-state index contributed by atoms with van der Waals surface area (Å²) in [7, 11) is -3.19. The third-order valence-corrected chi connectivity index (χ3v) is 2.95. The highest BCUT2D eigenvalue weighted by Gasteiger charge is 2.24. The summed E-state index contributed by atoms with van der Waals surface area (Å²) in [5, 5.41) is 0.290. The number of anilines is 1. The van der Waals surface area contributed by atoms with Gasteiger partial charge in [-0.05, 0) is 6.07 Å². The molecule has 0 saturated carbocycles. The van der Waals surface area contributed by atoms with Crippen molar-refractivity contribution in [1.82, 2.24) is 4.98 Å². The highest BCUT2D eigenvalue weighted by atomic mass is 35.5. The van der Waals surface area contributed by atoms with E-state index in [-0.39, 0.29) is 5.75 Å². The van der Waals surface area contributed by atoms with E-state index in [9.17, 15) is 8.42 Å². The Hall–Kier alpha value is -0.810. The summed E-state index contributed by atoms with van der Waals surface area (Å²) in [6.45, 7) is 0. The van der Waals surface area contributed by atoms with Gasteiger partial charge in [-0.25, -0.2) is 13.4 Å². The Morgan fingerprint density at radius 3 is 3.00 bits per heavy atom. The molecule has 1 aromatic rings. The van der Waals surface area contributed by atoms with Crippen molar-refractivity contribution >= 4 is 27.4 Å². The highest BCUT2D eigenvalue weighted by molar-refractivity contribution is 7.92. The van der Waals surface area contributed by atoms with E-state index in [4.69, 9.17) is 11.6 Å². The van der Waals surface area contributed by atoms with Crippen LogP contribution in [-0.4, -0.2) is 13.4 Å². The summed E-state index contributed by atoms with van der Waals surface area (Å²) in [5.41, 5.74) is 0.666. The van der Waals surface area contributed by atoms with E-state index in [0.717, 1.165) is 0 Å². The molecule has 12 heavy (non-hydrogen) atoms. The zero-order valence-corrected chi connectivity index (χ0v) is 7.48. The van der Waals surface area contributed by atoms with Crippen LogP contribution in [0.5, 0.6) is 0 Å². The maximum absolute atomic E-state index is 11.0. The van der Waals surface area contributed by atoms with Crippen molar-refractivity contribution in [3.8, 4) is 0 Å². The molecule has 1 N–H and O–H groups in total. The Morgan fingerprint density at radius 1 is 1.50 bits per heavy atom. The lowest BCUT2D eigenvalue weighted by molar-refractivity contribution is 0.602. The van der Waals surface area contributed by atoms with Crippen LogP contribution in [0.4, 0.5) is 5.82 Å². The van der Waals surface area contributed by atoms with E-state index in [1.54, 1.807) is 12.1 Å². The summed E-state index contributed by atoms with van der Waals surface area (Å²) in [6.07, 6.45) is 0. The van der Waals surface area contributed by atoms with Gasteiger partial charge in [0.1, 0.15) is 11.0 Å². The molecule has 4 nitrogen and oxygen atoms in total. The minimum absolute atomic E-state index is 0.00744. The van der Waals surface area contributed by atoms with Gasteiger partial charge in [0.2, 0.25) is 10.0 Å². The standard InChI is InChI=1S/C6H5ClN2O2S/c7-5-2-1-4-3-12(10,11)9-6(4)8-5/h1-2H,3H2,(H,8,9). The summed E-state index contributed by atoms with van der Waals surface area (Å²) >= 11 is 5.57. The number of sulfonamides is 1. The minimum Gasteiger partial charge on any atom is -0.267 e. The van der Waals surface area contributed by atoms with Crippen LogP contribution in [0.1, 0.15) is 5.56 Å². The molecule has 0 atom stereocenters. The summed E-state index contributed by atoms with van der Waals surface area (Å²) in [6, 6.07) is 3.23. The van der Waals surface area contributed by atoms with Gasteiger partial charge in [-0.3, -0.25) is 4.72 Å². The molecule has 1 aliphatic rings. The van der Waals surface area contributed by atoms with E-state index in [1.807, 2.05) is 0 Å². The largest absolute Gasteiger partial charge is 0.267 e. The normalized spacial score (nSPS) is 18.4. The molecule has 1 aliphatic heterocycles. The second kappa shape index (κ2) is 2.34. The lowest BCUT2D eigenvalue weighted by Crippen LogP contribution is -2.05. The molecular weight excluding hydrogens is 200 g/mol. The fourth-order valence-corrected chi connectivity index (χ4v) is 2.39. The van der Waals surface area contributed by atoms with Gasteiger partial charge in [-0.1, -0.05) is 17.7 Å². The predicted molar refractivity (Wildman–Crippen MR) is 45.5 cm³/mol. The fourth-order valence-electron chi connectivity index (χ4n) is 1.06. The second-order valence-corrected chi connectivity index (χ2v) is 4.61. The Morgan fingerprint density at radius 2 is 2.25 bits per heavy atom. The molecule has 0 radical (unpaired) electrons. The van der Waals surface area contributed by atoms with Crippen molar-refractivity contribution in [2.24, 2.45) is 0 Å². The van der Waals surface area contributed by atoms with Crippen LogP contribution < -0.4 is 4.72 Å². The van der Waals surface area contributed by atoms with Crippen LogP contribution in [-0.2, 0) is 15.8 Å². The first-order valence-electron chi connectivity index (χ1n) is 3.23. The molecule has 0 spiro atoms. The second-order valence-electron chi connectivity index (χ2n) is 2.50. The van der Waals surface area contributed by atoms with Crippen molar-refractivity contribution < 1.29 is 8.42 Å². The Bertz CT molecular complexity index is 429. The van der Waals surface area contributed by atoms with Gasteiger partial charge < -0.3 is 0 Å². The molecule has 2 heterocycles. The number of halogens is 1. The van der Waals surface area contributed by atoms with Crippen LogP contribution in [0.15, 0.2) is 12.1 Å². The van der Waals surface area contributed by atoms with Gasteiger partial charge in [0, 0.05) is 5.56 Å². The summed E-state index contributed by atoms with van der Waals surface area (Å²) < 4.78 is 24.3. The molecule has 0 aromatic carbocycles. The number of rotatable bonds is 0. The maximum Gasteiger partial charge on any atom is 0.238 e. The van der Waals surface area contributed by atoms with Gasteiger partial charge in [0.05, 0.1) is 5.75 Å². The predicted octanol–water partition coefficient (Wildman–Crippen LogP) is 0.990. The number of fused-ring (bicyclic) bond motifs is 1. The Kier molecular flexibility index (Phi) is 1.52. The molecule has 0 amide bonds. The van der Waals surface area contributed by atoms with E-state index < -0.39 is 10.0 Å². The summed E-state index contributed by atoms with van der Waals surface area (Å²) in [5.74, 6) is 0.342. The Labute approximate surface area is 74.6 Å². The first-order valence-corrected chi connectivity index (χ1v) is 5.26. The van der Waals surface area contributed by atoms with Crippen LogP contribution in [0.3, 0.4) is 0 Å². The molecule has 0 unspecified atom stereocenters. The van der Waals surface area contributed by atoms with E-state index in [2.05, 4.69) is 9.71 Å². The monoisotopic (exact) mass is 204 g/mol. The van der Waals surface area contributed by atoms with Crippen molar-refractivity contribution in [2.75, 3.05) is 4.72 Å². The van der Waals surface area contributed by atoms with Crippen LogP contribution in [0, 0.1) is 0 Å². The third kappa shape index (κ3) is 1.25. The Balaban J connectivity index is 2.56. The molecular formula is C6H5ClN2O2S. The van der Waals surface area contributed by atoms with Gasteiger partial charge in [0.15, 0.2) is 0 Å². The third-order valence-electron chi connectivity index (χ3n) is 1.54. The average Bonchev–Trinajstić information content (AvgIpc) is 2.21.